The van der Waals surface area contributed by atoms with E-state index in [2.05, 4.69) is 47.0 Å². The molecule has 1 saturated carbocycles. The van der Waals surface area contributed by atoms with Gasteiger partial charge in [-0.05, 0) is 37.1 Å². The molecule has 2 rings (SSSR count). The number of rotatable bonds is 6. The topological polar surface area (TPSA) is 36.4 Å². The van der Waals surface area contributed by atoms with Crippen molar-refractivity contribution in [3.63, 3.8) is 0 Å². The van der Waals surface area contributed by atoms with Gasteiger partial charge in [0, 0.05) is 17.5 Å². The summed E-state index contributed by atoms with van der Waals surface area (Å²) in [5, 5.41) is 8.96. The van der Waals surface area contributed by atoms with Crippen LogP contribution in [0.4, 0.5) is 0 Å². The van der Waals surface area contributed by atoms with E-state index in [9.17, 15) is 0 Å². The summed E-state index contributed by atoms with van der Waals surface area (Å²) in [6, 6.07) is 4.86. The SMILES string of the molecule is CCCC1CC1NC(=NCc1cccs1)NCC.I. The third-order valence-electron chi connectivity index (χ3n) is 3.22. The van der Waals surface area contributed by atoms with Crippen molar-refractivity contribution in [2.24, 2.45) is 10.9 Å². The highest BCUT2D eigenvalue weighted by atomic mass is 127. The molecule has 0 saturated heterocycles. The van der Waals surface area contributed by atoms with E-state index in [0.717, 1.165) is 25.0 Å². The van der Waals surface area contributed by atoms with Crippen molar-refractivity contribution in [2.45, 2.75) is 45.7 Å². The van der Waals surface area contributed by atoms with Gasteiger partial charge in [-0.1, -0.05) is 19.4 Å². The van der Waals surface area contributed by atoms with Gasteiger partial charge >= 0.3 is 0 Å². The highest BCUT2D eigenvalue weighted by Crippen LogP contribution is 2.34. The summed E-state index contributed by atoms with van der Waals surface area (Å²) in [7, 11) is 0. The van der Waals surface area contributed by atoms with Gasteiger partial charge in [-0.2, -0.15) is 0 Å². The maximum absolute atomic E-state index is 4.64. The molecule has 3 nitrogen and oxygen atoms in total. The fraction of sp³-hybridized carbons (Fsp3) is 0.643. The number of aliphatic imine (C=N–C) groups is 1. The molecule has 2 atom stereocenters. The van der Waals surface area contributed by atoms with Crippen LogP contribution in [-0.4, -0.2) is 18.5 Å². The summed E-state index contributed by atoms with van der Waals surface area (Å²) in [4.78, 5) is 5.95. The summed E-state index contributed by atoms with van der Waals surface area (Å²) >= 11 is 1.76. The van der Waals surface area contributed by atoms with E-state index in [1.54, 1.807) is 11.3 Å². The Morgan fingerprint density at radius 2 is 2.32 bits per heavy atom. The Labute approximate surface area is 137 Å². The number of thiophene rings is 1. The zero-order valence-electron chi connectivity index (χ0n) is 11.7. The summed E-state index contributed by atoms with van der Waals surface area (Å²) in [5.41, 5.74) is 0. The van der Waals surface area contributed by atoms with Crippen LogP contribution >= 0.6 is 35.3 Å². The number of hydrogen-bond donors (Lipinski definition) is 2. The monoisotopic (exact) mass is 393 g/mol. The molecule has 0 amide bonds. The smallest absolute Gasteiger partial charge is 0.191 e. The predicted molar refractivity (Wildman–Crippen MR) is 94.5 cm³/mol. The van der Waals surface area contributed by atoms with Gasteiger partial charge in [-0.25, -0.2) is 4.99 Å². The second-order valence-electron chi connectivity index (χ2n) is 4.81. The van der Waals surface area contributed by atoms with Gasteiger partial charge in [0.05, 0.1) is 6.54 Å². The molecule has 2 N–H and O–H groups in total. The molecule has 1 aliphatic rings. The van der Waals surface area contributed by atoms with E-state index in [4.69, 9.17) is 0 Å². The summed E-state index contributed by atoms with van der Waals surface area (Å²) in [5.74, 6) is 1.83. The minimum atomic E-state index is 0. The van der Waals surface area contributed by atoms with Crippen LogP contribution < -0.4 is 10.6 Å². The molecule has 0 radical (unpaired) electrons. The van der Waals surface area contributed by atoms with Crippen LogP contribution in [-0.2, 0) is 6.54 Å². The van der Waals surface area contributed by atoms with Gasteiger partial charge in [-0.15, -0.1) is 35.3 Å². The van der Waals surface area contributed by atoms with Crippen LogP contribution in [0.3, 0.4) is 0 Å². The summed E-state index contributed by atoms with van der Waals surface area (Å²) < 4.78 is 0. The van der Waals surface area contributed by atoms with Crippen LogP contribution in [0.1, 0.15) is 38.0 Å². The molecule has 0 aliphatic heterocycles. The number of nitrogens with one attached hydrogen (secondary N) is 2. The quantitative estimate of drug-likeness (QED) is 0.440. The minimum Gasteiger partial charge on any atom is -0.357 e. The number of halogens is 1. The number of nitrogens with zero attached hydrogens (tertiary/aromatic N) is 1. The molecule has 1 aliphatic carbocycles. The molecule has 1 heterocycles. The van der Waals surface area contributed by atoms with Crippen LogP contribution in [0.2, 0.25) is 0 Å². The third kappa shape index (κ3) is 5.69. The van der Waals surface area contributed by atoms with Crippen molar-refractivity contribution in [3.8, 4) is 0 Å². The highest BCUT2D eigenvalue weighted by Gasteiger charge is 2.36. The molecule has 0 bridgehead atoms. The molecule has 0 spiro atoms. The van der Waals surface area contributed by atoms with Crippen molar-refractivity contribution in [1.82, 2.24) is 10.6 Å². The normalized spacial score (nSPS) is 21.7. The molecular weight excluding hydrogens is 369 g/mol. The van der Waals surface area contributed by atoms with Crippen molar-refractivity contribution in [1.29, 1.82) is 0 Å². The van der Waals surface area contributed by atoms with Crippen molar-refractivity contribution >= 4 is 41.3 Å². The van der Waals surface area contributed by atoms with E-state index in [1.165, 1.54) is 24.1 Å². The Hall–Kier alpha value is -0.300. The minimum absolute atomic E-state index is 0. The van der Waals surface area contributed by atoms with Gasteiger partial charge in [0.15, 0.2) is 5.96 Å². The Balaban J connectivity index is 0.00000180. The maximum atomic E-state index is 4.64. The van der Waals surface area contributed by atoms with Crippen LogP contribution in [0.15, 0.2) is 22.5 Å². The Morgan fingerprint density at radius 3 is 2.95 bits per heavy atom. The average Bonchev–Trinajstić information content (AvgIpc) is 2.90. The first-order chi connectivity index (χ1) is 8.83. The fourth-order valence-corrected chi connectivity index (χ4v) is 2.80. The molecule has 19 heavy (non-hydrogen) atoms. The Kier molecular flexibility index (Phi) is 7.75. The zero-order valence-corrected chi connectivity index (χ0v) is 14.8. The Bertz CT molecular complexity index is 378. The molecule has 5 heteroatoms. The first kappa shape index (κ1) is 16.8. The molecule has 1 aromatic heterocycles. The van der Waals surface area contributed by atoms with Gasteiger partial charge in [0.1, 0.15) is 0 Å². The van der Waals surface area contributed by atoms with Crippen molar-refractivity contribution < 1.29 is 0 Å². The highest BCUT2D eigenvalue weighted by molar-refractivity contribution is 14.0. The van der Waals surface area contributed by atoms with Crippen LogP contribution in [0.5, 0.6) is 0 Å². The van der Waals surface area contributed by atoms with Crippen LogP contribution in [0, 0.1) is 5.92 Å². The molecule has 1 fully saturated rings. The third-order valence-corrected chi connectivity index (χ3v) is 4.08. The molecule has 108 valence electrons. The first-order valence-corrected chi connectivity index (χ1v) is 7.78. The summed E-state index contributed by atoms with van der Waals surface area (Å²) in [6.45, 7) is 6.06. The fourth-order valence-electron chi connectivity index (χ4n) is 2.17. The van der Waals surface area contributed by atoms with Gasteiger partial charge in [0.25, 0.3) is 0 Å². The standard InChI is InChI=1S/C14H23N3S.HI/c1-3-6-11-9-13(11)17-14(15-4-2)16-10-12-7-5-8-18-12;/h5,7-8,11,13H,3-4,6,9-10H2,1-2H3,(H2,15,16,17);1H. The zero-order chi connectivity index (χ0) is 12.8. The second-order valence-corrected chi connectivity index (χ2v) is 5.84. The number of guanidine groups is 1. The Morgan fingerprint density at radius 1 is 1.47 bits per heavy atom. The largest absolute Gasteiger partial charge is 0.357 e. The second kappa shape index (κ2) is 8.79. The van der Waals surface area contributed by atoms with Crippen molar-refractivity contribution in [2.75, 3.05) is 6.54 Å². The van der Waals surface area contributed by atoms with Gasteiger partial charge in [0.2, 0.25) is 0 Å². The first-order valence-electron chi connectivity index (χ1n) is 6.90. The van der Waals surface area contributed by atoms with E-state index in [0.29, 0.717) is 6.04 Å². The van der Waals surface area contributed by atoms with Crippen molar-refractivity contribution in [3.05, 3.63) is 22.4 Å². The van der Waals surface area contributed by atoms with Crippen LogP contribution in [0.25, 0.3) is 0 Å². The lowest BCUT2D eigenvalue weighted by Crippen LogP contribution is -2.39. The number of hydrogen-bond acceptors (Lipinski definition) is 2. The van der Waals surface area contributed by atoms with Gasteiger partial charge < -0.3 is 10.6 Å². The summed E-state index contributed by atoms with van der Waals surface area (Å²) in [6.07, 6.45) is 3.92. The van der Waals surface area contributed by atoms with E-state index in [1.807, 2.05) is 0 Å². The van der Waals surface area contributed by atoms with E-state index >= 15 is 0 Å². The predicted octanol–water partition coefficient (Wildman–Crippen LogP) is 3.61. The van der Waals surface area contributed by atoms with Gasteiger partial charge in [-0.3, -0.25) is 0 Å². The lowest BCUT2D eigenvalue weighted by Gasteiger charge is -2.10. The van der Waals surface area contributed by atoms with E-state index < -0.39 is 0 Å². The average molecular weight is 393 g/mol. The lowest BCUT2D eigenvalue weighted by atomic mass is 10.2. The maximum Gasteiger partial charge on any atom is 0.191 e. The van der Waals surface area contributed by atoms with E-state index in [-0.39, 0.29) is 24.0 Å². The molecule has 2 unspecified atom stereocenters. The molecule has 1 aromatic rings. The molecule has 0 aromatic carbocycles. The molecular formula is C14H24IN3S. The lowest BCUT2D eigenvalue weighted by molar-refractivity contribution is 0.655.